The van der Waals surface area contributed by atoms with Gasteiger partial charge < -0.3 is 20.7 Å². The van der Waals surface area contributed by atoms with Gasteiger partial charge in [-0.15, -0.1) is 0 Å². The molecule has 0 radical (unpaired) electrons. The maximum absolute atomic E-state index is 12.0. The van der Waals surface area contributed by atoms with Crippen LogP contribution in [0.25, 0.3) is 0 Å². The van der Waals surface area contributed by atoms with Crippen molar-refractivity contribution in [3.8, 4) is 0 Å². The van der Waals surface area contributed by atoms with Crippen LogP contribution in [0.5, 0.6) is 0 Å². The fourth-order valence-corrected chi connectivity index (χ4v) is 2.33. The summed E-state index contributed by atoms with van der Waals surface area (Å²) in [6, 6.07) is 5.37. The van der Waals surface area contributed by atoms with Crippen LogP contribution in [0.1, 0.15) is 30.1 Å². The summed E-state index contributed by atoms with van der Waals surface area (Å²) in [5, 5.41) is 3.48. The van der Waals surface area contributed by atoms with Gasteiger partial charge in [0.05, 0.1) is 11.4 Å². The minimum Gasteiger partial charge on any atom is -0.397 e. The Bertz CT molecular complexity index is 494. The van der Waals surface area contributed by atoms with Crippen LogP contribution in [0.4, 0.5) is 11.4 Å². The van der Waals surface area contributed by atoms with Crippen LogP contribution in [0.3, 0.4) is 0 Å². The highest BCUT2D eigenvalue weighted by Crippen LogP contribution is 2.29. The highest BCUT2D eigenvalue weighted by molar-refractivity contribution is 5.96. The first-order chi connectivity index (χ1) is 9.41. The van der Waals surface area contributed by atoms with Crippen LogP contribution in [-0.2, 0) is 4.74 Å². The molecule has 1 aromatic carbocycles. The van der Waals surface area contributed by atoms with E-state index in [1.165, 1.54) is 0 Å². The number of nitrogens with one attached hydrogen (secondary N) is 1. The summed E-state index contributed by atoms with van der Waals surface area (Å²) in [7, 11) is 3.48. The van der Waals surface area contributed by atoms with Crippen molar-refractivity contribution in [2.75, 3.05) is 38.4 Å². The van der Waals surface area contributed by atoms with Gasteiger partial charge in [0.2, 0.25) is 0 Å². The Balaban J connectivity index is 2.22. The van der Waals surface area contributed by atoms with Gasteiger partial charge in [-0.25, -0.2) is 0 Å². The molecular formula is C15H23N3O2. The van der Waals surface area contributed by atoms with Crippen LogP contribution in [0.2, 0.25) is 0 Å². The third kappa shape index (κ3) is 3.22. The summed E-state index contributed by atoms with van der Waals surface area (Å²) in [6.45, 7) is 3.66. The quantitative estimate of drug-likeness (QED) is 0.829. The first-order valence-electron chi connectivity index (χ1n) is 6.88. The molecule has 110 valence electrons. The molecule has 5 heteroatoms. The number of hydrogen-bond acceptors (Lipinski definition) is 4. The van der Waals surface area contributed by atoms with Crippen LogP contribution in [-0.4, -0.2) is 43.7 Å². The number of carbonyl (C=O) groups excluding carboxylic acids is 1. The monoisotopic (exact) mass is 277 g/mol. The second kappa shape index (κ2) is 5.71. The van der Waals surface area contributed by atoms with E-state index in [-0.39, 0.29) is 11.4 Å². The van der Waals surface area contributed by atoms with E-state index in [0.29, 0.717) is 11.3 Å². The van der Waals surface area contributed by atoms with Gasteiger partial charge in [-0.05, 0) is 38.0 Å². The van der Waals surface area contributed by atoms with Crippen molar-refractivity contribution >= 4 is 17.3 Å². The van der Waals surface area contributed by atoms with E-state index in [0.717, 1.165) is 31.7 Å². The van der Waals surface area contributed by atoms with Gasteiger partial charge in [-0.3, -0.25) is 4.79 Å². The van der Waals surface area contributed by atoms with Crippen LogP contribution in [0, 0.1) is 0 Å². The summed E-state index contributed by atoms with van der Waals surface area (Å²) in [5.74, 6) is -0.0230. The van der Waals surface area contributed by atoms with Gasteiger partial charge in [0.1, 0.15) is 0 Å². The number of hydrogen-bond donors (Lipinski definition) is 2. The zero-order valence-electron chi connectivity index (χ0n) is 12.4. The van der Waals surface area contributed by atoms with Crippen LogP contribution < -0.4 is 11.1 Å². The van der Waals surface area contributed by atoms with Crippen molar-refractivity contribution in [1.29, 1.82) is 0 Å². The average Bonchev–Trinajstić information content (AvgIpc) is 2.41. The van der Waals surface area contributed by atoms with Crippen molar-refractivity contribution in [2.45, 2.75) is 25.3 Å². The van der Waals surface area contributed by atoms with E-state index in [1.807, 2.05) is 6.07 Å². The number of ether oxygens (including phenoxy) is 1. The lowest BCUT2D eigenvalue weighted by molar-refractivity contribution is 0.0658. The van der Waals surface area contributed by atoms with E-state index in [4.69, 9.17) is 10.5 Å². The number of nitrogens with two attached hydrogens (primary N) is 1. The molecule has 1 aromatic rings. The summed E-state index contributed by atoms with van der Waals surface area (Å²) < 4.78 is 5.39. The summed E-state index contributed by atoms with van der Waals surface area (Å²) in [4.78, 5) is 13.6. The SMILES string of the molecule is CN(C)C(=O)c1ccc(N)c(NC2(C)CCOCC2)c1. The molecule has 1 amide bonds. The first kappa shape index (κ1) is 14.7. The molecule has 0 spiro atoms. The molecule has 1 aliphatic heterocycles. The minimum absolute atomic E-state index is 0.0230. The maximum atomic E-state index is 12.0. The molecule has 2 rings (SSSR count). The Kier molecular flexibility index (Phi) is 4.18. The second-order valence-corrected chi connectivity index (χ2v) is 5.80. The topological polar surface area (TPSA) is 67.6 Å². The zero-order chi connectivity index (χ0) is 14.8. The number of amides is 1. The van der Waals surface area contributed by atoms with Crippen molar-refractivity contribution in [2.24, 2.45) is 0 Å². The molecule has 0 aromatic heterocycles. The van der Waals surface area contributed by atoms with Crippen molar-refractivity contribution < 1.29 is 9.53 Å². The van der Waals surface area contributed by atoms with Crippen LogP contribution >= 0.6 is 0 Å². The summed E-state index contributed by atoms with van der Waals surface area (Å²) >= 11 is 0. The highest BCUT2D eigenvalue weighted by atomic mass is 16.5. The van der Waals surface area contributed by atoms with Gasteiger partial charge in [0.15, 0.2) is 0 Å². The molecule has 0 aliphatic carbocycles. The van der Waals surface area contributed by atoms with Crippen LogP contribution in [0.15, 0.2) is 18.2 Å². The maximum Gasteiger partial charge on any atom is 0.253 e. The molecule has 0 unspecified atom stereocenters. The first-order valence-corrected chi connectivity index (χ1v) is 6.88. The molecule has 1 fully saturated rings. The molecule has 1 saturated heterocycles. The Morgan fingerprint density at radius 1 is 1.35 bits per heavy atom. The van der Waals surface area contributed by atoms with E-state index in [2.05, 4.69) is 12.2 Å². The predicted octanol–water partition coefficient (Wildman–Crippen LogP) is 1.95. The standard InChI is InChI=1S/C15H23N3O2/c1-15(6-8-20-9-7-15)17-13-10-11(4-5-12(13)16)14(19)18(2)3/h4-5,10,17H,6-9,16H2,1-3H3. The molecule has 0 atom stereocenters. The van der Waals surface area contributed by atoms with E-state index in [1.54, 1.807) is 31.1 Å². The number of rotatable bonds is 3. The zero-order valence-corrected chi connectivity index (χ0v) is 12.4. The lowest BCUT2D eigenvalue weighted by atomic mass is 9.92. The third-order valence-electron chi connectivity index (χ3n) is 3.74. The Morgan fingerprint density at radius 2 is 2.00 bits per heavy atom. The number of nitrogen functional groups attached to an aromatic ring is 1. The Labute approximate surface area is 120 Å². The molecule has 5 nitrogen and oxygen atoms in total. The molecule has 0 bridgehead atoms. The normalized spacial score (nSPS) is 17.6. The smallest absolute Gasteiger partial charge is 0.253 e. The number of benzene rings is 1. The predicted molar refractivity (Wildman–Crippen MR) is 81.0 cm³/mol. The van der Waals surface area contributed by atoms with Gasteiger partial charge in [-0.1, -0.05) is 0 Å². The van der Waals surface area contributed by atoms with Crippen molar-refractivity contribution in [3.63, 3.8) is 0 Å². The largest absolute Gasteiger partial charge is 0.397 e. The summed E-state index contributed by atoms with van der Waals surface area (Å²) in [6.07, 6.45) is 1.86. The molecule has 0 saturated carbocycles. The Morgan fingerprint density at radius 3 is 2.60 bits per heavy atom. The number of carbonyl (C=O) groups is 1. The fraction of sp³-hybridized carbons (Fsp3) is 0.533. The average molecular weight is 277 g/mol. The van der Waals surface area contributed by atoms with Gasteiger partial charge in [0, 0.05) is 38.4 Å². The number of anilines is 2. The van der Waals surface area contributed by atoms with Crippen molar-refractivity contribution in [3.05, 3.63) is 23.8 Å². The van der Waals surface area contributed by atoms with E-state index < -0.39 is 0 Å². The number of nitrogens with zero attached hydrogens (tertiary/aromatic N) is 1. The minimum atomic E-state index is -0.0356. The molecule has 3 N–H and O–H groups in total. The Hall–Kier alpha value is -1.75. The summed E-state index contributed by atoms with van der Waals surface area (Å²) in [5.41, 5.74) is 8.11. The molecular weight excluding hydrogens is 254 g/mol. The highest BCUT2D eigenvalue weighted by Gasteiger charge is 2.27. The van der Waals surface area contributed by atoms with Gasteiger partial charge >= 0.3 is 0 Å². The second-order valence-electron chi connectivity index (χ2n) is 5.80. The van der Waals surface area contributed by atoms with E-state index >= 15 is 0 Å². The van der Waals surface area contributed by atoms with Crippen molar-refractivity contribution in [1.82, 2.24) is 4.90 Å². The molecule has 1 heterocycles. The third-order valence-corrected chi connectivity index (χ3v) is 3.74. The fourth-order valence-electron chi connectivity index (χ4n) is 2.33. The molecule has 20 heavy (non-hydrogen) atoms. The lowest BCUT2D eigenvalue weighted by Crippen LogP contribution is -2.40. The lowest BCUT2D eigenvalue weighted by Gasteiger charge is -2.36. The van der Waals surface area contributed by atoms with Gasteiger partial charge in [0.25, 0.3) is 5.91 Å². The van der Waals surface area contributed by atoms with E-state index in [9.17, 15) is 4.79 Å². The van der Waals surface area contributed by atoms with Gasteiger partial charge in [-0.2, -0.15) is 0 Å². The molecule has 1 aliphatic rings.